The van der Waals surface area contributed by atoms with Gasteiger partial charge in [-0.2, -0.15) is 8.42 Å². The second-order valence-corrected chi connectivity index (χ2v) is 8.57. The van der Waals surface area contributed by atoms with Gasteiger partial charge >= 0.3 is 0 Å². The molecule has 6 heteroatoms. The summed E-state index contributed by atoms with van der Waals surface area (Å²) in [5.41, 5.74) is 0. The van der Waals surface area contributed by atoms with Crippen molar-refractivity contribution in [2.75, 3.05) is 32.1 Å². The van der Waals surface area contributed by atoms with Crippen molar-refractivity contribution in [2.24, 2.45) is 0 Å². The zero-order valence-corrected chi connectivity index (χ0v) is 16.2. The fourth-order valence-corrected chi connectivity index (χ4v) is 4.00. The monoisotopic (exact) mass is 363 g/mol. The molecule has 1 aliphatic heterocycles. The lowest BCUT2D eigenvalue weighted by atomic mass is 10.0. The Morgan fingerprint density at radius 1 is 0.917 bits per heavy atom. The van der Waals surface area contributed by atoms with Crippen molar-refractivity contribution >= 4 is 10.1 Å². The van der Waals surface area contributed by atoms with Gasteiger partial charge in [0.15, 0.2) is 0 Å². The molecule has 0 radical (unpaired) electrons. The van der Waals surface area contributed by atoms with Crippen molar-refractivity contribution in [2.45, 2.75) is 83.6 Å². The van der Waals surface area contributed by atoms with Crippen molar-refractivity contribution in [1.82, 2.24) is 4.90 Å². The number of ether oxygens (including phenoxy) is 1. The molecular formula is C18H37NO4S. The summed E-state index contributed by atoms with van der Waals surface area (Å²) in [6.07, 6.45) is 13.2. The fourth-order valence-electron chi connectivity index (χ4n) is 3.43. The average molecular weight is 364 g/mol. The van der Waals surface area contributed by atoms with Crippen LogP contribution in [-0.2, 0) is 14.9 Å². The molecule has 1 fully saturated rings. The molecular weight excluding hydrogens is 326 g/mol. The molecule has 1 N–H and O–H groups in total. The van der Waals surface area contributed by atoms with Crippen molar-refractivity contribution in [1.29, 1.82) is 0 Å². The van der Waals surface area contributed by atoms with Crippen LogP contribution in [0.1, 0.15) is 77.6 Å². The minimum Gasteiger partial charge on any atom is -0.379 e. The van der Waals surface area contributed by atoms with E-state index in [1.54, 1.807) is 0 Å². The van der Waals surface area contributed by atoms with E-state index in [1.165, 1.54) is 51.4 Å². The van der Waals surface area contributed by atoms with Gasteiger partial charge in [-0.3, -0.25) is 9.45 Å². The normalized spacial score (nSPS) is 17.9. The Kier molecular flexibility index (Phi) is 11.9. The summed E-state index contributed by atoms with van der Waals surface area (Å²) < 4.78 is 36.5. The summed E-state index contributed by atoms with van der Waals surface area (Å²) in [5, 5.41) is 0. The van der Waals surface area contributed by atoms with Gasteiger partial charge in [0.05, 0.1) is 19.0 Å². The topological polar surface area (TPSA) is 66.8 Å². The molecule has 0 aromatic heterocycles. The molecule has 1 rings (SSSR count). The van der Waals surface area contributed by atoms with Gasteiger partial charge in [-0.25, -0.2) is 0 Å². The minimum atomic E-state index is -3.87. The van der Waals surface area contributed by atoms with Crippen LogP contribution in [0.25, 0.3) is 0 Å². The highest BCUT2D eigenvalue weighted by Crippen LogP contribution is 2.17. The van der Waals surface area contributed by atoms with Gasteiger partial charge in [0.2, 0.25) is 0 Å². The molecule has 0 bridgehead atoms. The van der Waals surface area contributed by atoms with Gasteiger partial charge in [-0.05, 0) is 12.8 Å². The van der Waals surface area contributed by atoms with E-state index in [0.29, 0.717) is 6.42 Å². The largest absolute Gasteiger partial charge is 0.379 e. The van der Waals surface area contributed by atoms with Crippen LogP contribution in [0.3, 0.4) is 0 Å². The second-order valence-electron chi connectivity index (χ2n) is 6.99. The van der Waals surface area contributed by atoms with Crippen LogP contribution in [0.2, 0.25) is 0 Å². The fraction of sp³-hybridized carbons (Fsp3) is 1.00. The highest BCUT2D eigenvalue weighted by atomic mass is 32.2. The van der Waals surface area contributed by atoms with Crippen LogP contribution in [0.15, 0.2) is 0 Å². The van der Waals surface area contributed by atoms with Crippen molar-refractivity contribution < 1.29 is 17.7 Å². The second kappa shape index (κ2) is 13.1. The third-order valence-corrected chi connectivity index (χ3v) is 5.66. The van der Waals surface area contributed by atoms with Gasteiger partial charge in [0.1, 0.15) is 0 Å². The number of hydrogen-bond donors (Lipinski definition) is 1. The van der Waals surface area contributed by atoms with Crippen molar-refractivity contribution in [3.8, 4) is 0 Å². The summed E-state index contributed by atoms with van der Waals surface area (Å²) in [6.45, 7) is 5.42. The van der Waals surface area contributed by atoms with Gasteiger partial charge < -0.3 is 4.74 Å². The van der Waals surface area contributed by atoms with E-state index in [0.717, 1.165) is 39.1 Å². The van der Waals surface area contributed by atoms with Crippen molar-refractivity contribution in [3.05, 3.63) is 0 Å². The van der Waals surface area contributed by atoms with E-state index in [1.807, 2.05) is 0 Å². The quantitative estimate of drug-likeness (QED) is 0.375. The first-order valence-electron chi connectivity index (χ1n) is 9.80. The lowest BCUT2D eigenvalue weighted by Crippen LogP contribution is -2.44. The Morgan fingerprint density at radius 2 is 1.46 bits per heavy atom. The predicted octanol–water partition coefficient (Wildman–Crippen LogP) is 3.89. The van der Waals surface area contributed by atoms with Gasteiger partial charge in [0.25, 0.3) is 10.1 Å². The third-order valence-electron chi connectivity index (χ3n) is 4.91. The zero-order valence-electron chi connectivity index (χ0n) is 15.4. The molecule has 144 valence electrons. The molecule has 1 heterocycles. The first-order valence-corrected chi connectivity index (χ1v) is 11.4. The summed E-state index contributed by atoms with van der Waals surface area (Å²) >= 11 is 0. The number of unbranched alkanes of at least 4 members (excludes halogenated alkanes) is 8. The van der Waals surface area contributed by atoms with E-state index in [-0.39, 0.29) is 11.8 Å². The number of rotatable bonds is 14. The van der Waals surface area contributed by atoms with Crippen LogP contribution < -0.4 is 0 Å². The number of hydrogen-bond acceptors (Lipinski definition) is 4. The Bertz CT molecular complexity index is 394. The highest BCUT2D eigenvalue weighted by molar-refractivity contribution is 7.85. The Morgan fingerprint density at radius 3 is 2.00 bits per heavy atom. The van der Waals surface area contributed by atoms with E-state index in [9.17, 15) is 8.42 Å². The standard InChI is InChI=1S/C18H37NO4S/c1-2-3-4-5-6-7-8-9-10-11-18(12-17-24(20,21)22)19-13-15-23-16-14-19/h18H,2-17H2,1H3,(H,20,21,22). The molecule has 0 aliphatic carbocycles. The Hall–Kier alpha value is -0.170. The summed E-state index contributed by atoms with van der Waals surface area (Å²) in [4.78, 5) is 2.33. The van der Waals surface area contributed by atoms with E-state index < -0.39 is 10.1 Å². The smallest absolute Gasteiger partial charge is 0.264 e. The molecule has 0 spiro atoms. The van der Waals surface area contributed by atoms with Crippen LogP contribution in [0.4, 0.5) is 0 Å². The van der Waals surface area contributed by atoms with E-state index in [4.69, 9.17) is 9.29 Å². The van der Waals surface area contributed by atoms with Crippen LogP contribution in [-0.4, -0.2) is 56.0 Å². The van der Waals surface area contributed by atoms with Crippen LogP contribution >= 0.6 is 0 Å². The lowest BCUT2D eigenvalue weighted by Gasteiger charge is -2.34. The average Bonchev–Trinajstić information content (AvgIpc) is 2.56. The first kappa shape index (κ1) is 21.9. The maximum atomic E-state index is 11.1. The molecule has 24 heavy (non-hydrogen) atoms. The number of nitrogens with zero attached hydrogens (tertiary/aromatic N) is 1. The molecule has 0 saturated carbocycles. The van der Waals surface area contributed by atoms with Crippen LogP contribution in [0.5, 0.6) is 0 Å². The highest BCUT2D eigenvalue weighted by Gasteiger charge is 2.22. The summed E-state index contributed by atoms with van der Waals surface area (Å²) in [6, 6.07) is 0.250. The van der Waals surface area contributed by atoms with Gasteiger partial charge in [0, 0.05) is 19.1 Å². The van der Waals surface area contributed by atoms with Gasteiger partial charge in [-0.15, -0.1) is 0 Å². The molecule has 0 aromatic carbocycles. The molecule has 0 amide bonds. The van der Waals surface area contributed by atoms with E-state index in [2.05, 4.69) is 11.8 Å². The summed E-state index contributed by atoms with van der Waals surface area (Å²) in [5.74, 6) is -0.132. The molecule has 1 saturated heterocycles. The zero-order chi connectivity index (χ0) is 17.7. The minimum absolute atomic E-state index is 0.132. The van der Waals surface area contributed by atoms with E-state index >= 15 is 0 Å². The van der Waals surface area contributed by atoms with Gasteiger partial charge in [-0.1, -0.05) is 64.7 Å². The summed E-state index contributed by atoms with van der Waals surface area (Å²) in [7, 11) is -3.87. The maximum Gasteiger partial charge on any atom is 0.264 e. The third kappa shape index (κ3) is 11.4. The molecule has 1 aliphatic rings. The molecule has 1 unspecified atom stereocenters. The Balaban J connectivity index is 2.18. The maximum absolute atomic E-state index is 11.1. The predicted molar refractivity (Wildman–Crippen MR) is 99.1 cm³/mol. The molecule has 1 atom stereocenters. The SMILES string of the molecule is CCCCCCCCCCCC(CCS(=O)(=O)O)N1CCOCC1. The van der Waals surface area contributed by atoms with Crippen molar-refractivity contribution in [3.63, 3.8) is 0 Å². The lowest BCUT2D eigenvalue weighted by molar-refractivity contribution is 0.0135. The number of morpholine rings is 1. The molecule has 0 aromatic rings. The Labute approximate surface area is 148 Å². The van der Waals surface area contributed by atoms with Crippen LogP contribution in [0, 0.1) is 0 Å². The first-order chi connectivity index (χ1) is 11.5. The molecule has 5 nitrogen and oxygen atoms in total.